The van der Waals surface area contributed by atoms with Crippen LogP contribution in [0.15, 0.2) is 40.9 Å². The quantitative estimate of drug-likeness (QED) is 0.704. The zero-order valence-electron chi connectivity index (χ0n) is 10.3. The molecule has 0 aliphatic heterocycles. The van der Waals surface area contributed by atoms with Gasteiger partial charge in [0.2, 0.25) is 0 Å². The smallest absolute Gasteiger partial charge is 0.126 e. The Morgan fingerprint density at radius 2 is 1.85 bits per heavy atom. The first-order valence-corrected chi connectivity index (χ1v) is 7.38. The first-order valence-electron chi connectivity index (χ1n) is 5.83. The summed E-state index contributed by atoms with van der Waals surface area (Å²) in [6.07, 6.45) is 0. The normalized spacial score (nSPS) is 10.4. The molecule has 0 bridgehead atoms. The summed E-state index contributed by atoms with van der Waals surface area (Å²) in [5, 5.41) is 3.52. The van der Waals surface area contributed by atoms with Crippen LogP contribution in [0.5, 0.6) is 5.75 Å². The van der Waals surface area contributed by atoms with Gasteiger partial charge in [-0.25, -0.2) is 4.39 Å². The van der Waals surface area contributed by atoms with Gasteiger partial charge in [0.25, 0.3) is 0 Å². The summed E-state index contributed by atoms with van der Waals surface area (Å²) in [7, 11) is 0. The second kappa shape index (κ2) is 7.16. The highest BCUT2D eigenvalue weighted by Gasteiger charge is 2.07. The SMILES string of the molecule is Fc1cc(Cl)c(NCCOc2cccc(Br)c2)c(Cl)c1. The molecule has 0 aromatic heterocycles. The Bertz CT molecular complexity index is 586. The molecule has 2 rings (SSSR count). The van der Waals surface area contributed by atoms with Crippen LogP contribution in [0.25, 0.3) is 0 Å². The van der Waals surface area contributed by atoms with Crippen molar-refractivity contribution in [2.24, 2.45) is 0 Å². The molecule has 2 nitrogen and oxygen atoms in total. The topological polar surface area (TPSA) is 21.3 Å². The van der Waals surface area contributed by atoms with Gasteiger partial charge in [-0.1, -0.05) is 45.2 Å². The molecular weight excluding hydrogens is 368 g/mol. The molecule has 0 aliphatic carbocycles. The van der Waals surface area contributed by atoms with Crippen molar-refractivity contribution >= 4 is 44.8 Å². The van der Waals surface area contributed by atoms with Crippen LogP contribution in [0.1, 0.15) is 0 Å². The molecule has 0 fully saturated rings. The third-order valence-electron chi connectivity index (χ3n) is 2.48. The lowest BCUT2D eigenvalue weighted by Crippen LogP contribution is -2.12. The van der Waals surface area contributed by atoms with Crippen LogP contribution in [-0.4, -0.2) is 13.2 Å². The zero-order valence-corrected chi connectivity index (χ0v) is 13.4. The van der Waals surface area contributed by atoms with Gasteiger partial charge >= 0.3 is 0 Å². The number of hydrogen-bond acceptors (Lipinski definition) is 2. The van der Waals surface area contributed by atoms with E-state index in [0.717, 1.165) is 10.2 Å². The van der Waals surface area contributed by atoms with E-state index in [-0.39, 0.29) is 10.0 Å². The molecule has 106 valence electrons. The number of nitrogens with one attached hydrogen (secondary N) is 1. The van der Waals surface area contributed by atoms with Crippen molar-refractivity contribution in [3.05, 3.63) is 56.7 Å². The monoisotopic (exact) mass is 377 g/mol. The van der Waals surface area contributed by atoms with Crippen molar-refractivity contribution in [1.29, 1.82) is 0 Å². The molecule has 6 heteroatoms. The van der Waals surface area contributed by atoms with Crippen molar-refractivity contribution < 1.29 is 9.13 Å². The molecule has 0 saturated carbocycles. The number of anilines is 1. The van der Waals surface area contributed by atoms with E-state index < -0.39 is 5.82 Å². The van der Waals surface area contributed by atoms with Gasteiger partial charge in [-0.15, -0.1) is 0 Å². The molecule has 0 heterocycles. The Hall–Kier alpha value is -0.970. The van der Waals surface area contributed by atoms with Gasteiger partial charge in [-0.2, -0.15) is 0 Å². The Morgan fingerprint density at radius 1 is 1.15 bits per heavy atom. The van der Waals surface area contributed by atoms with Crippen LogP contribution in [0.3, 0.4) is 0 Å². The Kier molecular flexibility index (Phi) is 5.52. The summed E-state index contributed by atoms with van der Waals surface area (Å²) in [6.45, 7) is 0.929. The van der Waals surface area contributed by atoms with E-state index >= 15 is 0 Å². The van der Waals surface area contributed by atoms with Crippen LogP contribution >= 0.6 is 39.1 Å². The average Bonchev–Trinajstić information content (AvgIpc) is 2.36. The average molecular weight is 379 g/mol. The maximum absolute atomic E-state index is 13.0. The second-order valence-corrected chi connectivity index (χ2v) is 5.71. The minimum absolute atomic E-state index is 0.248. The lowest BCUT2D eigenvalue weighted by molar-refractivity contribution is 0.332. The van der Waals surface area contributed by atoms with Gasteiger partial charge in [-0.05, 0) is 30.3 Å². The number of benzene rings is 2. The minimum Gasteiger partial charge on any atom is -0.492 e. The van der Waals surface area contributed by atoms with Crippen LogP contribution in [0, 0.1) is 5.82 Å². The molecule has 0 radical (unpaired) electrons. The Balaban J connectivity index is 1.88. The Labute approximate surface area is 135 Å². The van der Waals surface area contributed by atoms with E-state index in [9.17, 15) is 4.39 Å². The summed E-state index contributed by atoms with van der Waals surface area (Å²) in [5.41, 5.74) is 0.507. The van der Waals surface area contributed by atoms with E-state index in [1.807, 2.05) is 24.3 Å². The van der Waals surface area contributed by atoms with Crippen molar-refractivity contribution in [2.75, 3.05) is 18.5 Å². The summed E-state index contributed by atoms with van der Waals surface area (Å²) >= 11 is 15.2. The fourth-order valence-corrected chi connectivity index (χ4v) is 2.59. The largest absolute Gasteiger partial charge is 0.492 e. The van der Waals surface area contributed by atoms with E-state index in [1.54, 1.807) is 0 Å². The molecule has 0 spiro atoms. The van der Waals surface area contributed by atoms with Crippen molar-refractivity contribution in [3.63, 3.8) is 0 Å². The molecule has 2 aromatic carbocycles. The predicted octanol–water partition coefficient (Wildman–Crippen LogP) is 5.39. The summed E-state index contributed by atoms with van der Waals surface area (Å²) in [6, 6.07) is 9.97. The van der Waals surface area contributed by atoms with Gasteiger partial charge in [-0.3, -0.25) is 0 Å². The van der Waals surface area contributed by atoms with Crippen molar-refractivity contribution in [2.45, 2.75) is 0 Å². The highest BCUT2D eigenvalue weighted by molar-refractivity contribution is 9.10. The maximum atomic E-state index is 13.0. The maximum Gasteiger partial charge on any atom is 0.126 e. The van der Waals surface area contributed by atoms with E-state index in [4.69, 9.17) is 27.9 Å². The van der Waals surface area contributed by atoms with E-state index in [1.165, 1.54) is 12.1 Å². The first-order chi connectivity index (χ1) is 9.56. The fraction of sp³-hybridized carbons (Fsp3) is 0.143. The first kappa shape index (κ1) is 15.4. The lowest BCUT2D eigenvalue weighted by atomic mass is 10.3. The number of ether oxygens (including phenoxy) is 1. The van der Waals surface area contributed by atoms with Gasteiger partial charge in [0.15, 0.2) is 0 Å². The van der Waals surface area contributed by atoms with E-state index in [2.05, 4.69) is 21.2 Å². The third-order valence-corrected chi connectivity index (χ3v) is 3.56. The number of halogens is 4. The predicted molar refractivity (Wildman–Crippen MR) is 84.5 cm³/mol. The molecular formula is C14H11BrCl2FNO. The summed E-state index contributed by atoms with van der Waals surface area (Å²) in [4.78, 5) is 0. The minimum atomic E-state index is -0.462. The van der Waals surface area contributed by atoms with Crippen LogP contribution in [-0.2, 0) is 0 Å². The Morgan fingerprint density at radius 3 is 2.50 bits per heavy atom. The van der Waals surface area contributed by atoms with Crippen LogP contribution in [0.4, 0.5) is 10.1 Å². The standard InChI is InChI=1S/C14H11BrCl2FNO/c15-9-2-1-3-11(6-9)20-5-4-19-14-12(16)7-10(18)8-13(14)17/h1-3,6-8,19H,4-5H2. The van der Waals surface area contributed by atoms with Crippen molar-refractivity contribution in [1.82, 2.24) is 0 Å². The number of rotatable bonds is 5. The highest BCUT2D eigenvalue weighted by atomic mass is 79.9. The van der Waals surface area contributed by atoms with Crippen molar-refractivity contribution in [3.8, 4) is 5.75 Å². The van der Waals surface area contributed by atoms with Crippen LogP contribution in [0.2, 0.25) is 10.0 Å². The fourth-order valence-electron chi connectivity index (χ4n) is 1.61. The third kappa shape index (κ3) is 4.27. The molecule has 20 heavy (non-hydrogen) atoms. The molecule has 0 amide bonds. The molecule has 0 saturated heterocycles. The van der Waals surface area contributed by atoms with Crippen LogP contribution < -0.4 is 10.1 Å². The van der Waals surface area contributed by atoms with Gasteiger partial charge in [0.1, 0.15) is 18.2 Å². The molecule has 0 unspecified atom stereocenters. The van der Waals surface area contributed by atoms with Gasteiger partial charge in [0.05, 0.1) is 15.7 Å². The summed E-state index contributed by atoms with van der Waals surface area (Å²) in [5.74, 6) is 0.299. The molecule has 2 aromatic rings. The zero-order chi connectivity index (χ0) is 14.5. The second-order valence-electron chi connectivity index (χ2n) is 3.98. The molecule has 0 atom stereocenters. The van der Waals surface area contributed by atoms with E-state index in [0.29, 0.717) is 18.8 Å². The summed E-state index contributed by atoms with van der Waals surface area (Å²) < 4.78 is 19.5. The molecule has 0 aliphatic rings. The molecule has 1 N–H and O–H groups in total. The van der Waals surface area contributed by atoms with Gasteiger partial charge in [0, 0.05) is 11.0 Å². The number of hydrogen-bond donors (Lipinski definition) is 1. The lowest BCUT2D eigenvalue weighted by Gasteiger charge is -2.11. The highest BCUT2D eigenvalue weighted by Crippen LogP contribution is 2.31. The van der Waals surface area contributed by atoms with Gasteiger partial charge < -0.3 is 10.1 Å².